The normalized spacial score (nSPS) is 12.1. The quantitative estimate of drug-likeness (QED) is 0.840. The van der Waals surface area contributed by atoms with E-state index in [0.717, 1.165) is 30.8 Å². The van der Waals surface area contributed by atoms with Crippen LogP contribution in [0.1, 0.15) is 30.4 Å². The molecule has 0 fully saturated rings. The van der Waals surface area contributed by atoms with E-state index in [-0.39, 0.29) is 0 Å². The SMILES string of the molecule is CCCOc1cncc(CC(CN)c2ccccc2)c1. The number of hydrogen-bond donors (Lipinski definition) is 1. The molecule has 106 valence electrons. The Morgan fingerprint density at radius 2 is 2.00 bits per heavy atom. The minimum Gasteiger partial charge on any atom is -0.492 e. The van der Waals surface area contributed by atoms with E-state index in [1.165, 1.54) is 5.56 Å². The molecule has 1 atom stereocenters. The molecule has 1 unspecified atom stereocenters. The van der Waals surface area contributed by atoms with Gasteiger partial charge in [-0.1, -0.05) is 37.3 Å². The molecule has 2 aromatic rings. The zero-order valence-electron chi connectivity index (χ0n) is 12.0. The topological polar surface area (TPSA) is 48.1 Å². The van der Waals surface area contributed by atoms with Crippen LogP contribution in [0.15, 0.2) is 48.8 Å². The van der Waals surface area contributed by atoms with Crippen LogP contribution < -0.4 is 10.5 Å². The van der Waals surface area contributed by atoms with E-state index in [9.17, 15) is 0 Å². The van der Waals surface area contributed by atoms with Crippen LogP contribution >= 0.6 is 0 Å². The van der Waals surface area contributed by atoms with Crippen molar-refractivity contribution in [2.75, 3.05) is 13.2 Å². The van der Waals surface area contributed by atoms with Gasteiger partial charge < -0.3 is 10.5 Å². The number of nitrogens with two attached hydrogens (primary N) is 1. The molecule has 0 saturated heterocycles. The van der Waals surface area contributed by atoms with Gasteiger partial charge in [-0.3, -0.25) is 4.98 Å². The van der Waals surface area contributed by atoms with Crippen molar-refractivity contribution in [3.63, 3.8) is 0 Å². The van der Waals surface area contributed by atoms with Crippen molar-refractivity contribution in [1.82, 2.24) is 4.98 Å². The van der Waals surface area contributed by atoms with Gasteiger partial charge >= 0.3 is 0 Å². The molecule has 0 spiro atoms. The first-order valence-corrected chi connectivity index (χ1v) is 7.15. The molecule has 0 aliphatic heterocycles. The molecule has 1 heterocycles. The molecule has 3 nitrogen and oxygen atoms in total. The molecule has 2 N–H and O–H groups in total. The van der Waals surface area contributed by atoms with Crippen molar-refractivity contribution in [3.8, 4) is 5.75 Å². The van der Waals surface area contributed by atoms with Gasteiger partial charge in [0, 0.05) is 12.1 Å². The number of ether oxygens (including phenoxy) is 1. The summed E-state index contributed by atoms with van der Waals surface area (Å²) in [5.41, 5.74) is 8.36. The Morgan fingerprint density at radius 1 is 1.20 bits per heavy atom. The third-order valence-electron chi connectivity index (χ3n) is 3.28. The summed E-state index contributed by atoms with van der Waals surface area (Å²) < 4.78 is 5.62. The minimum atomic E-state index is 0.319. The molecule has 2 rings (SSSR count). The molecular formula is C17H22N2O. The summed E-state index contributed by atoms with van der Waals surface area (Å²) in [6.45, 7) is 3.45. The van der Waals surface area contributed by atoms with Crippen molar-refractivity contribution < 1.29 is 4.74 Å². The molecule has 0 saturated carbocycles. The minimum absolute atomic E-state index is 0.319. The number of benzene rings is 1. The molecule has 1 aromatic carbocycles. The van der Waals surface area contributed by atoms with Crippen LogP contribution in [0.2, 0.25) is 0 Å². The van der Waals surface area contributed by atoms with Crippen molar-refractivity contribution in [2.45, 2.75) is 25.7 Å². The van der Waals surface area contributed by atoms with Gasteiger partial charge in [-0.05, 0) is 36.6 Å². The van der Waals surface area contributed by atoms with Gasteiger partial charge in [0.2, 0.25) is 0 Å². The highest BCUT2D eigenvalue weighted by atomic mass is 16.5. The van der Waals surface area contributed by atoms with Crippen molar-refractivity contribution in [1.29, 1.82) is 0 Å². The lowest BCUT2D eigenvalue weighted by molar-refractivity contribution is 0.316. The first kappa shape index (κ1) is 14.5. The average molecular weight is 270 g/mol. The zero-order chi connectivity index (χ0) is 14.2. The molecule has 0 bridgehead atoms. The summed E-state index contributed by atoms with van der Waals surface area (Å²) in [6.07, 6.45) is 5.54. The van der Waals surface area contributed by atoms with Crippen LogP contribution in [0.5, 0.6) is 5.75 Å². The second-order valence-electron chi connectivity index (χ2n) is 4.92. The molecule has 0 aliphatic rings. The van der Waals surface area contributed by atoms with Crippen molar-refractivity contribution in [2.24, 2.45) is 5.73 Å². The molecule has 0 amide bonds. The lowest BCUT2D eigenvalue weighted by Gasteiger charge is -2.15. The summed E-state index contributed by atoms with van der Waals surface area (Å²) in [7, 11) is 0. The Kier molecular flexibility index (Phi) is 5.56. The van der Waals surface area contributed by atoms with Gasteiger partial charge in [0.15, 0.2) is 0 Å². The van der Waals surface area contributed by atoms with Crippen LogP contribution in [0.4, 0.5) is 0 Å². The highest BCUT2D eigenvalue weighted by molar-refractivity contribution is 5.27. The lowest BCUT2D eigenvalue weighted by Crippen LogP contribution is -2.15. The Labute approximate surface area is 120 Å². The zero-order valence-corrected chi connectivity index (χ0v) is 12.0. The first-order valence-electron chi connectivity index (χ1n) is 7.15. The fraction of sp³-hybridized carbons (Fsp3) is 0.353. The van der Waals surface area contributed by atoms with Gasteiger partial charge in [0.25, 0.3) is 0 Å². The highest BCUT2D eigenvalue weighted by Crippen LogP contribution is 2.21. The number of hydrogen-bond acceptors (Lipinski definition) is 3. The smallest absolute Gasteiger partial charge is 0.137 e. The number of aromatic nitrogens is 1. The summed E-state index contributed by atoms with van der Waals surface area (Å²) >= 11 is 0. The van der Waals surface area contributed by atoms with E-state index in [2.05, 4.69) is 42.2 Å². The molecule has 20 heavy (non-hydrogen) atoms. The first-order chi connectivity index (χ1) is 9.83. The summed E-state index contributed by atoms with van der Waals surface area (Å²) in [6, 6.07) is 12.4. The van der Waals surface area contributed by atoms with Gasteiger partial charge in [0.05, 0.1) is 12.8 Å². The predicted molar refractivity (Wildman–Crippen MR) is 82.0 cm³/mol. The Bertz CT molecular complexity index is 513. The van der Waals surface area contributed by atoms with E-state index >= 15 is 0 Å². The molecule has 0 aliphatic carbocycles. The van der Waals surface area contributed by atoms with Crippen molar-refractivity contribution in [3.05, 3.63) is 59.9 Å². The van der Waals surface area contributed by atoms with Crippen LogP contribution in [0.25, 0.3) is 0 Å². The van der Waals surface area contributed by atoms with Crippen LogP contribution in [0, 0.1) is 0 Å². The third kappa shape index (κ3) is 4.07. The summed E-state index contributed by atoms with van der Waals surface area (Å²) in [5.74, 6) is 1.16. The van der Waals surface area contributed by atoms with Gasteiger partial charge in [-0.2, -0.15) is 0 Å². The van der Waals surface area contributed by atoms with Gasteiger partial charge in [-0.15, -0.1) is 0 Å². The fourth-order valence-electron chi connectivity index (χ4n) is 2.22. The number of pyridine rings is 1. The molecule has 0 radical (unpaired) electrons. The highest BCUT2D eigenvalue weighted by Gasteiger charge is 2.11. The summed E-state index contributed by atoms with van der Waals surface area (Å²) in [5, 5.41) is 0. The maximum atomic E-state index is 5.92. The van der Waals surface area contributed by atoms with Crippen LogP contribution in [0.3, 0.4) is 0 Å². The van der Waals surface area contributed by atoms with E-state index in [1.807, 2.05) is 12.3 Å². The Morgan fingerprint density at radius 3 is 2.70 bits per heavy atom. The standard InChI is InChI=1S/C17H22N2O/c1-2-8-20-17-10-14(12-19-13-17)9-16(11-18)15-6-4-3-5-7-15/h3-7,10,12-13,16H,2,8-9,11,18H2,1H3. The second kappa shape index (κ2) is 7.65. The maximum Gasteiger partial charge on any atom is 0.137 e. The van der Waals surface area contributed by atoms with E-state index in [0.29, 0.717) is 12.5 Å². The second-order valence-corrected chi connectivity index (χ2v) is 4.92. The predicted octanol–water partition coefficient (Wildman–Crippen LogP) is 3.16. The van der Waals surface area contributed by atoms with Gasteiger partial charge in [0.1, 0.15) is 5.75 Å². The lowest BCUT2D eigenvalue weighted by atomic mass is 9.93. The maximum absolute atomic E-state index is 5.92. The van der Waals surface area contributed by atoms with Crippen molar-refractivity contribution >= 4 is 0 Å². The van der Waals surface area contributed by atoms with E-state index < -0.39 is 0 Å². The summed E-state index contributed by atoms with van der Waals surface area (Å²) in [4.78, 5) is 4.25. The van der Waals surface area contributed by atoms with Crippen LogP contribution in [-0.4, -0.2) is 18.1 Å². The monoisotopic (exact) mass is 270 g/mol. The largest absolute Gasteiger partial charge is 0.492 e. The third-order valence-corrected chi connectivity index (χ3v) is 3.28. The van der Waals surface area contributed by atoms with Gasteiger partial charge in [-0.25, -0.2) is 0 Å². The number of nitrogens with zero attached hydrogens (tertiary/aromatic N) is 1. The molecule has 1 aromatic heterocycles. The Hall–Kier alpha value is -1.87. The average Bonchev–Trinajstić information content (AvgIpc) is 2.52. The molecular weight excluding hydrogens is 248 g/mol. The Balaban J connectivity index is 2.07. The molecule has 3 heteroatoms. The van der Waals surface area contributed by atoms with Crippen LogP contribution in [-0.2, 0) is 6.42 Å². The van der Waals surface area contributed by atoms with E-state index in [1.54, 1.807) is 6.20 Å². The van der Waals surface area contributed by atoms with E-state index in [4.69, 9.17) is 10.5 Å². The number of rotatable bonds is 7. The fourth-order valence-corrected chi connectivity index (χ4v) is 2.22.